The van der Waals surface area contributed by atoms with E-state index in [9.17, 15) is 19.2 Å². The zero-order chi connectivity index (χ0) is 32.5. The Bertz CT molecular complexity index is 1230. The first-order chi connectivity index (χ1) is 21.0. The summed E-state index contributed by atoms with van der Waals surface area (Å²) in [5.41, 5.74) is 24.2. The second-order valence-corrected chi connectivity index (χ2v) is 10.9. The number of hydrogen-bond acceptors (Lipinski definition) is 7. The van der Waals surface area contributed by atoms with Gasteiger partial charge in [0.2, 0.25) is 23.6 Å². The van der Waals surface area contributed by atoms with Crippen LogP contribution in [0.2, 0.25) is 5.02 Å². The molecule has 0 saturated carbocycles. The van der Waals surface area contributed by atoms with Gasteiger partial charge in [-0.3, -0.25) is 24.6 Å². The molecule has 0 unspecified atom stereocenters. The van der Waals surface area contributed by atoms with Gasteiger partial charge in [0.15, 0.2) is 5.96 Å². The SMILES string of the molecule is N=C(N)NCCC[C@@H](NC(=O)[C@@H](N)Cc1ccccc1)C(=O)N[C@@H](Cc1ccc(Cl)cc1)C(=O)N[C@@H](CCCCN)C(N)=O. The van der Waals surface area contributed by atoms with Crippen LogP contribution in [0.5, 0.6) is 0 Å². The molecule has 0 aliphatic heterocycles. The molecule has 0 fully saturated rings. The topological polar surface area (TPSA) is 244 Å². The van der Waals surface area contributed by atoms with Gasteiger partial charge in [-0.05, 0) is 68.3 Å². The molecule has 13 nitrogen and oxygen atoms in total. The van der Waals surface area contributed by atoms with Crippen molar-refractivity contribution in [1.29, 1.82) is 5.41 Å². The first-order valence-electron chi connectivity index (χ1n) is 14.5. The minimum atomic E-state index is -1.12. The maximum Gasteiger partial charge on any atom is 0.243 e. The van der Waals surface area contributed by atoms with E-state index in [-0.39, 0.29) is 31.8 Å². The standard InChI is InChI=1S/C30H44ClN9O4/c31-21-13-11-20(12-14-21)18-25(29(44)38-23(26(34)41)9-4-5-15-32)40-28(43)24(10-6-16-37-30(35)36)39-27(42)22(33)17-19-7-2-1-3-8-19/h1-3,7-8,11-14,22-25H,4-6,9-10,15-18,32-33H2,(H2,34,41)(H,38,44)(H,39,42)(H,40,43)(H4,35,36,37)/t22-,23-,24+,25-/m0/s1. The smallest absolute Gasteiger partial charge is 0.243 e. The molecule has 2 aromatic rings. The molecule has 2 aromatic carbocycles. The Morgan fingerprint density at radius 1 is 0.727 bits per heavy atom. The van der Waals surface area contributed by atoms with Gasteiger partial charge in [0.1, 0.15) is 18.1 Å². The molecule has 4 amide bonds. The normalized spacial score (nSPS) is 13.5. The number of rotatable bonds is 19. The first-order valence-corrected chi connectivity index (χ1v) is 14.9. The second-order valence-electron chi connectivity index (χ2n) is 10.5. The predicted octanol–water partition coefficient (Wildman–Crippen LogP) is -0.216. The summed E-state index contributed by atoms with van der Waals surface area (Å²) in [4.78, 5) is 52.2. The van der Waals surface area contributed by atoms with E-state index in [1.54, 1.807) is 24.3 Å². The summed E-state index contributed by atoms with van der Waals surface area (Å²) < 4.78 is 0. The Morgan fingerprint density at radius 3 is 1.91 bits per heavy atom. The molecule has 2 rings (SSSR count). The largest absolute Gasteiger partial charge is 0.370 e. The highest BCUT2D eigenvalue weighted by Gasteiger charge is 2.30. The number of halogens is 1. The van der Waals surface area contributed by atoms with Crippen LogP contribution in [0.4, 0.5) is 0 Å². The number of nitrogens with two attached hydrogens (primary N) is 4. The van der Waals surface area contributed by atoms with E-state index in [1.165, 1.54) is 0 Å². The molecule has 0 heterocycles. The number of guanidine groups is 1. The van der Waals surface area contributed by atoms with Crippen LogP contribution in [0, 0.1) is 5.41 Å². The highest BCUT2D eigenvalue weighted by Crippen LogP contribution is 2.12. The molecule has 0 spiro atoms. The van der Waals surface area contributed by atoms with E-state index in [4.69, 9.17) is 39.9 Å². The summed E-state index contributed by atoms with van der Waals surface area (Å²) in [6.07, 6.45) is 2.37. The summed E-state index contributed by atoms with van der Waals surface area (Å²) in [6, 6.07) is 11.9. The van der Waals surface area contributed by atoms with Crippen LogP contribution in [0.15, 0.2) is 54.6 Å². The fourth-order valence-electron chi connectivity index (χ4n) is 4.43. The average Bonchev–Trinajstić information content (AvgIpc) is 2.99. The highest BCUT2D eigenvalue weighted by atomic mass is 35.5. The predicted molar refractivity (Wildman–Crippen MR) is 170 cm³/mol. The maximum atomic E-state index is 13.6. The molecule has 0 saturated heterocycles. The van der Waals surface area contributed by atoms with E-state index in [0.29, 0.717) is 42.8 Å². The second kappa shape index (κ2) is 19.2. The summed E-state index contributed by atoms with van der Waals surface area (Å²) in [6.45, 7) is 0.710. The molecule has 13 N–H and O–H groups in total. The van der Waals surface area contributed by atoms with Gasteiger partial charge in [0.05, 0.1) is 6.04 Å². The number of carbonyl (C=O) groups is 4. The monoisotopic (exact) mass is 629 g/mol. The van der Waals surface area contributed by atoms with Gasteiger partial charge in [-0.25, -0.2) is 0 Å². The lowest BCUT2D eigenvalue weighted by Crippen LogP contribution is -2.58. The third-order valence-corrected chi connectivity index (χ3v) is 7.10. The number of unbranched alkanes of at least 4 members (excludes halogenated alkanes) is 1. The minimum Gasteiger partial charge on any atom is -0.370 e. The maximum absolute atomic E-state index is 13.6. The van der Waals surface area contributed by atoms with Crippen LogP contribution in [0.3, 0.4) is 0 Å². The van der Waals surface area contributed by atoms with Crippen molar-refractivity contribution >= 4 is 41.2 Å². The Morgan fingerprint density at radius 2 is 1.30 bits per heavy atom. The fraction of sp³-hybridized carbons (Fsp3) is 0.433. The number of carbonyl (C=O) groups excluding carboxylic acids is 4. The van der Waals surface area contributed by atoms with E-state index in [0.717, 1.165) is 5.56 Å². The van der Waals surface area contributed by atoms with Crippen LogP contribution in [-0.4, -0.2) is 66.8 Å². The molecule has 44 heavy (non-hydrogen) atoms. The Kier molecular flexibility index (Phi) is 15.7. The van der Waals surface area contributed by atoms with Crippen LogP contribution < -0.4 is 44.2 Å². The van der Waals surface area contributed by atoms with E-state index >= 15 is 0 Å². The van der Waals surface area contributed by atoms with Crippen molar-refractivity contribution in [1.82, 2.24) is 21.3 Å². The third-order valence-electron chi connectivity index (χ3n) is 6.85. The third kappa shape index (κ3) is 13.4. The molecule has 0 aliphatic carbocycles. The molecule has 0 bridgehead atoms. The highest BCUT2D eigenvalue weighted by molar-refractivity contribution is 6.30. The molecule has 14 heteroatoms. The average molecular weight is 630 g/mol. The fourth-order valence-corrected chi connectivity index (χ4v) is 4.55. The molecule has 4 atom stereocenters. The van der Waals surface area contributed by atoms with Gasteiger partial charge < -0.3 is 44.2 Å². The van der Waals surface area contributed by atoms with Crippen LogP contribution in [0.25, 0.3) is 0 Å². The molecule has 0 aromatic heterocycles. The van der Waals surface area contributed by atoms with Crippen molar-refractivity contribution in [3.63, 3.8) is 0 Å². The Labute approximate surface area is 262 Å². The van der Waals surface area contributed by atoms with Crippen molar-refractivity contribution in [2.24, 2.45) is 22.9 Å². The Hall–Kier alpha value is -4.20. The zero-order valence-corrected chi connectivity index (χ0v) is 25.4. The number of amides is 4. The van der Waals surface area contributed by atoms with Gasteiger partial charge in [-0.2, -0.15) is 0 Å². The van der Waals surface area contributed by atoms with Crippen molar-refractivity contribution < 1.29 is 19.2 Å². The summed E-state index contributed by atoms with van der Waals surface area (Å²) in [5, 5.41) is 18.6. The van der Waals surface area contributed by atoms with E-state index in [2.05, 4.69) is 21.3 Å². The van der Waals surface area contributed by atoms with Crippen LogP contribution in [-0.2, 0) is 32.0 Å². The van der Waals surface area contributed by atoms with Crippen molar-refractivity contribution in [3.8, 4) is 0 Å². The van der Waals surface area contributed by atoms with Gasteiger partial charge in [-0.1, -0.05) is 54.1 Å². The minimum absolute atomic E-state index is 0.0725. The molecule has 240 valence electrons. The van der Waals surface area contributed by atoms with Gasteiger partial charge >= 0.3 is 0 Å². The van der Waals surface area contributed by atoms with E-state index < -0.39 is 47.8 Å². The summed E-state index contributed by atoms with van der Waals surface area (Å²) >= 11 is 6.02. The quantitative estimate of drug-likeness (QED) is 0.0570. The Balaban J connectivity index is 2.24. The molecular formula is C30H44ClN9O4. The number of benzene rings is 2. The molecule has 0 aliphatic rings. The summed E-state index contributed by atoms with van der Waals surface area (Å²) in [5.74, 6) is -2.71. The van der Waals surface area contributed by atoms with Crippen LogP contribution in [0.1, 0.15) is 43.2 Å². The number of primary amides is 1. The van der Waals surface area contributed by atoms with Gasteiger partial charge in [0, 0.05) is 18.0 Å². The van der Waals surface area contributed by atoms with Gasteiger partial charge in [-0.15, -0.1) is 0 Å². The van der Waals surface area contributed by atoms with Gasteiger partial charge in [0.25, 0.3) is 0 Å². The van der Waals surface area contributed by atoms with Crippen molar-refractivity contribution in [2.75, 3.05) is 13.1 Å². The summed E-state index contributed by atoms with van der Waals surface area (Å²) in [7, 11) is 0. The lowest BCUT2D eigenvalue weighted by atomic mass is 10.0. The lowest BCUT2D eigenvalue weighted by Gasteiger charge is -2.26. The lowest BCUT2D eigenvalue weighted by molar-refractivity contribution is -0.133. The van der Waals surface area contributed by atoms with Crippen molar-refractivity contribution in [3.05, 3.63) is 70.7 Å². The first kappa shape index (κ1) is 36.0. The molecule has 0 radical (unpaired) electrons. The zero-order valence-electron chi connectivity index (χ0n) is 24.7. The van der Waals surface area contributed by atoms with Crippen LogP contribution >= 0.6 is 11.6 Å². The van der Waals surface area contributed by atoms with E-state index in [1.807, 2.05) is 30.3 Å². The van der Waals surface area contributed by atoms with Crippen molar-refractivity contribution in [2.45, 2.75) is 69.1 Å². The number of nitrogens with one attached hydrogen (secondary N) is 5. The number of hydrogen-bond donors (Lipinski definition) is 9. The molecular weight excluding hydrogens is 586 g/mol.